The quantitative estimate of drug-likeness (QED) is 0.394. The number of amides is 1. The highest BCUT2D eigenvalue weighted by molar-refractivity contribution is 5.45. The molecule has 1 unspecified atom stereocenters. The molecular formula is C4H9NO2. The molecule has 1 amide bonds. The van der Waals surface area contributed by atoms with Crippen LogP contribution < -0.4 is 5.32 Å². The third kappa shape index (κ3) is 3.26. The number of methoxy groups -OCH3 is 1. The second kappa shape index (κ2) is 3.61. The molecule has 0 aromatic heterocycles. The van der Waals surface area contributed by atoms with E-state index in [-0.39, 0.29) is 6.23 Å². The highest BCUT2D eigenvalue weighted by Gasteiger charge is 1.89. The summed E-state index contributed by atoms with van der Waals surface area (Å²) in [6.07, 6.45) is 0.436. The van der Waals surface area contributed by atoms with Crippen LogP contribution in [-0.2, 0) is 9.53 Å². The third-order valence-corrected chi connectivity index (χ3v) is 0.656. The normalized spacial score (nSPS) is 12.9. The number of rotatable bonds is 3. The zero-order chi connectivity index (χ0) is 5.70. The van der Waals surface area contributed by atoms with Crippen molar-refractivity contribution in [3.8, 4) is 0 Å². The van der Waals surface area contributed by atoms with Gasteiger partial charge in [-0.1, -0.05) is 0 Å². The summed E-state index contributed by atoms with van der Waals surface area (Å²) in [5.74, 6) is 0. The Morgan fingerprint density at radius 1 is 1.86 bits per heavy atom. The average Bonchev–Trinajstić information content (AvgIpc) is 1.68. The van der Waals surface area contributed by atoms with Crippen LogP contribution in [0.2, 0.25) is 0 Å². The lowest BCUT2D eigenvalue weighted by Crippen LogP contribution is -2.25. The molecule has 0 aliphatic rings. The van der Waals surface area contributed by atoms with E-state index in [1.54, 1.807) is 6.92 Å². The van der Waals surface area contributed by atoms with Crippen molar-refractivity contribution in [1.29, 1.82) is 0 Å². The van der Waals surface area contributed by atoms with Crippen molar-refractivity contribution in [2.24, 2.45) is 0 Å². The Labute approximate surface area is 42.7 Å². The highest BCUT2D eigenvalue weighted by Crippen LogP contribution is 1.74. The monoisotopic (exact) mass is 103 g/mol. The lowest BCUT2D eigenvalue weighted by molar-refractivity contribution is -0.112. The molecule has 7 heavy (non-hydrogen) atoms. The van der Waals surface area contributed by atoms with Gasteiger partial charge in [-0.2, -0.15) is 0 Å². The first-order valence-corrected chi connectivity index (χ1v) is 2.03. The fourth-order valence-corrected chi connectivity index (χ4v) is 0.164. The number of carbonyl (C=O) groups is 1. The van der Waals surface area contributed by atoms with Crippen LogP contribution >= 0.6 is 0 Å². The SMILES string of the molecule is COC(C)NC=O. The van der Waals surface area contributed by atoms with Crippen LogP contribution in [0.4, 0.5) is 0 Å². The maximum atomic E-state index is 9.58. The maximum absolute atomic E-state index is 9.58. The van der Waals surface area contributed by atoms with Crippen molar-refractivity contribution in [3.63, 3.8) is 0 Å². The van der Waals surface area contributed by atoms with Crippen LogP contribution in [0, 0.1) is 0 Å². The molecule has 0 fully saturated rings. The van der Waals surface area contributed by atoms with E-state index >= 15 is 0 Å². The van der Waals surface area contributed by atoms with E-state index in [0.29, 0.717) is 6.41 Å². The minimum absolute atomic E-state index is 0.169. The molecule has 0 aromatic rings. The van der Waals surface area contributed by atoms with Gasteiger partial charge in [-0.25, -0.2) is 0 Å². The van der Waals surface area contributed by atoms with E-state index < -0.39 is 0 Å². The second-order valence-electron chi connectivity index (χ2n) is 1.16. The van der Waals surface area contributed by atoms with Gasteiger partial charge in [0.25, 0.3) is 0 Å². The van der Waals surface area contributed by atoms with E-state index in [0.717, 1.165) is 0 Å². The minimum atomic E-state index is -0.169. The third-order valence-electron chi connectivity index (χ3n) is 0.656. The Morgan fingerprint density at radius 3 is 2.57 bits per heavy atom. The van der Waals surface area contributed by atoms with Crippen LogP contribution in [0.3, 0.4) is 0 Å². The van der Waals surface area contributed by atoms with E-state index in [4.69, 9.17) is 0 Å². The van der Waals surface area contributed by atoms with Crippen LogP contribution in [0.5, 0.6) is 0 Å². The summed E-state index contributed by atoms with van der Waals surface area (Å²) >= 11 is 0. The average molecular weight is 103 g/mol. The van der Waals surface area contributed by atoms with E-state index in [2.05, 4.69) is 10.1 Å². The van der Waals surface area contributed by atoms with Crippen molar-refractivity contribution in [1.82, 2.24) is 5.32 Å². The van der Waals surface area contributed by atoms with Crippen molar-refractivity contribution in [3.05, 3.63) is 0 Å². The first-order chi connectivity index (χ1) is 3.31. The fraction of sp³-hybridized carbons (Fsp3) is 0.750. The molecule has 0 saturated heterocycles. The van der Waals surface area contributed by atoms with Crippen LogP contribution in [-0.4, -0.2) is 19.7 Å². The number of hydrogen-bond donors (Lipinski definition) is 1. The van der Waals surface area contributed by atoms with E-state index in [9.17, 15) is 4.79 Å². The molecule has 0 rings (SSSR count). The van der Waals surface area contributed by atoms with Gasteiger partial charge in [-0.05, 0) is 6.92 Å². The van der Waals surface area contributed by atoms with Gasteiger partial charge in [0, 0.05) is 7.11 Å². The Hall–Kier alpha value is -0.570. The zero-order valence-corrected chi connectivity index (χ0v) is 4.47. The van der Waals surface area contributed by atoms with Crippen LogP contribution in [0.25, 0.3) is 0 Å². The first kappa shape index (κ1) is 6.43. The van der Waals surface area contributed by atoms with Crippen LogP contribution in [0.1, 0.15) is 6.92 Å². The Balaban J connectivity index is 2.98. The Bertz CT molecular complexity index is 55.7. The van der Waals surface area contributed by atoms with Gasteiger partial charge in [-0.3, -0.25) is 4.79 Å². The summed E-state index contributed by atoms with van der Waals surface area (Å²) in [6.45, 7) is 1.74. The lowest BCUT2D eigenvalue weighted by Gasteiger charge is -2.04. The zero-order valence-electron chi connectivity index (χ0n) is 4.47. The molecule has 3 nitrogen and oxygen atoms in total. The predicted molar refractivity (Wildman–Crippen MR) is 25.7 cm³/mol. The predicted octanol–water partition coefficient (Wildman–Crippen LogP) is -0.275. The smallest absolute Gasteiger partial charge is 0.209 e. The maximum Gasteiger partial charge on any atom is 0.209 e. The van der Waals surface area contributed by atoms with Crippen molar-refractivity contribution in [2.45, 2.75) is 13.2 Å². The van der Waals surface area contributed by atoms with Gasteiger partial charge in [-0.15, -0.1) is 0 Å². The van der Waals surface area contributed by atoms with Gasteiger partial charge >= 0.3 is 0 Å². The number of ether oxygens (including phenoxy) is 1. The molecular weight excluding hydrogens is 94.0 g/mol. The van der Waals surface area contributed by atoms with E-state index in [1.807, 2.05) is 0 Å². The molecule has 1 atom stereocenters. The molecule has 3 heteroatoms. The summed E-state index contributed by atoms with van der Waals surface area (Å²) < 4.78 is 4.65. The molecule has 0 bridgehead atoms. The molecule has 0 aliphatic heterocycles. The van der Waals surface area contributed by atoms with E-state index in [1.165, 1.54) is 7.11 Å². The summed E-state index contributed by atoms with van der Waals surface area (Å²) in [6, 6.07) is 0. The fourth-order valence-electron chi connectivity index (χ4n) is 0.164. The first-order valence-electron chi connectivity index (χ1n) is 2.03. The molecule has 0 heterocycles. The summed E-state index contributed by atoms with van der Waals surface area (Å²) in [5, 5.41) is 2.39. The van der Waals surface area contributed by atoms with Crippen molar-refractivity contribution >= 4 is 6.41 Å². The van der Waals surface area contributed by atoms with Gasteiger partial charge in [0.2, 0.25) is 6.41 Å². The second-order valence-corrected chi connectivity index (χ2v) is 1.16. The van der Waals surface area contributed by atoms with Gasteiger partial charge < -0.3 is 10.1 Å². The molecule has 0 saturated carbocycles. The minimum Gasteiger partial charge on any atom is -0.362 e. The lowest BCUT2D eigenvalue weighted by atomic mass is 10.7. The largest absolute Gasteiger partial charge is 0.362 e. The van der Waals surface area contributed by atoms with Gasteiger partial charge in [0.05, 0.1) is 0 Å². The summed E-state index contributed by atoms with van der Waals surface area (Å²) in [7, 11) is 1.53. The molecule has 0 spiro atoms. The van der Waals surface area contributed by atoms with Crippen molar-refractivity contribution < 1.29 is 9.53 Å². The standard InChI is InChI=1S/C4H9NO2/c1-4(7-2)5-3-6/h3-4H,1-2H3,(H,5,6). The molecule has 0 aliphatic carbocycles. The molecule has 42 valence electrons. The summed E-state index contributed by atoms with van der Waals surface area (Å²) in [4.78, 5) is 9.58. The number of hydrogen-bond acceptors (Lipinski definition) is 2. The highest BCUT2D eigenvalue weighted by atomic mass is 16.5. The Kier molecular flexibility index (Phi) is 3.32. The molecule has 1 N–H and O–H groups in total. The van der Waals surface area contributed by atoms with Crippen LogP contribution in [0.15, 0.2) is 0 Å². The Morgan fingerprint density at radius 2 is 2.43 bits per heavy atom. The molecule has 0 radical (unpaired) electrons. The summed E-state index contributed by atoms with van der Waals surface area (Å²) in [5.41, 5.74) is 0. The van der Waals surface area contributed by atoms with Gasteiger partial charge in [0.1, 0.15) is 6.23 Å². The molecule has 0 aromatic carbocycles. The van der Waals surface area contributed by atoms with Crippen molar-refractivity contribution in [2.75, 3.05) is 7.11 Å². The van der Waals surface area contributed by atoms with Gasteiger partial charge in [0.15, 0.2) is 0 Å². The number of nitrogens with one attached hydrogen (secondary N) is 1. The number of carbonyl (C=O) groups excluding carboxylic acids is 1. The topological polar surface area (TPSA) is 38.3 Å².